The number of nitrogens with zero attached hydrogens (tertiary/aromatic N) is 1. The Bertz CT molecular complexity index is 403. The van der Waals surface area contributed by atoms with Crippen LogP contribution >= 0.6 is 0 Å². The zero-order chi connectivity index (χ0) is 15.0. The first-order chi connectivity index (χ1) is 8.59. The van der Waals surface area contributed by atoms with Gasteiger partial charge in [-0.2, -0.15) is 0 Å². The quantitative estimate of drug-likeness (QED) is 0.753. The molecular weight excluding hydrogens is 248 g/mol. The molecule has 1 aliphatic carbocycles. The molecule has 0 aromatic carbocycles. The molecule has 1 fully saturated rings. The summed E-state index contributed by atoms with van der Waals surface area (Å²) in [4.78, 5) is 36.0. The summed E-state index contributed by atoms with van der Waals surface area (Å²) in [7, 11) is 1.52. The van der Waals surface area contributed by atoms with E-state index in [0.717, 1.165) is 0 Å². The maximum atomic E-state index is 12.1. The number of amides is 2. The molecule has 0 aliphatic heterocycles. The Morgan fingerprint density at radius 2 is 1.79 bits per heavy atom. The van der Waals surface area contributed by atoms with Gasteiger partial charge in [-0.1, -0.05) is 13.8 Å². The molecule has 2 atom stereocenters. The molecule has 2 amide bonds. The zero-order valence-corrected chi connectivity index (χ0v) is 12.1. The van der Waals surface area contributed by atoms with Crippen LogP contribution in [-0.4, -0.2) is 47.4 Å². The van der Waals surface area contributed by atoms with Crippen LogP contribution in [0.4, 0.5) is 0 Å². The summed E-state index contributed by atoms with van der Waals surface area (Å²) in [6.45, 7) is 7.15. The van der Waals surface area contributed by atoms with E-state index >= 15 is 0 Å². The molecule has 19 heavy (non-hydrogen) atoms. The highest BCUT2D eigenvalue weighted by Crippen LogP contribution is 2.58. The zero-order valence-electron chi connectivity index (χ0n) is 12.1. The Balaban J connectivity index is 2.60. The van der Waals surface area contributed by atoms with Crippen LogP contribution in [0, 0.1) is 17.3 Å². The minimum atomic E-state index is -0.955. The Kier molecular flexibility index (Phi) is 4.22. The summed E-state index contributed by atoms with van der Waals surface area (Å²) < 4.78 is 0. The summed E-state index contributed by atoms with van der Waals surface area (Å²) in [5.41, 5.74) is -0.536. The Morgan fingerprint density at radius 3 is 2.16 bits per heavy atom. The van der Waals surface area contributed by atoms with Crippen molar-refractivity contribution >= 4 is 17.8 Å². The van der Waals surface area contributed by atoms with E-state index in [-0.39, 0.29) is 24.4 Å². The van der Waals surface area contributed by atoms with Crippen molar-refractivity contribution in [1.29, 1.82) is 0 Å². The van der Waals surface area contributed by atoms with E-state index in [9.17, 15) is 14.4 Å². The Morgan fingerprint density at radius 1 is 1.26 bits per heavy atom. The molecule has 1 aliphatic rings. The molecule has 1 rings (SSSR count). The number of carboxylic acid groups (broad SMARTS) is 1. The second-order valence-corrected chi connectivity index (χ2v) is 6.03. The highest BCUT2D eigenvalue weighted by Gasteiger charge is 2.66. The average molecular weight is 270 g/mol. The third-order valence-electron chi connectivity index (χ3n) is 3.57. The van der Waals surface area contributed by atoms with E-state index in [1.807, 2.05) is 13.8 Å². The molecule has 0 radical (unpaired) electrons. The van der Waals surface area contributed by atoms with E-state index in [2.05, 4.69) is 5.32 Å². The van der Waals surface area contributed by atoms with Crippen molar-refractivity contribution in [2.45, 2.75) is 33.7 Å². The molecule has 0 aromatic rings. The lowest BCUT2D eigenvalue weighted by Gasteiger charge is -2.18. The van der Waals surface area contributed by atoms with Crippen molar-refractivity contribution in [3.05, 3.63) is 0 Å². The number of aliphatic carboxylic acids is 1. The van der Waals surface area contributed by atoms with E-state index < -0.39 is 23.2 Å². The van der Waals surface area contributed by atoms with Crippen LogP contribution in [0.1, 0.15) is 27.7 Å². The molecule has 0 spiro atoms. The number of hydrogen-bond acceptors (Lipinski definition) is 3. The van der Waals surface area contributed by atoms with Gasteiger partial charge < -0.3 is 15.3 Å². The van der Waals surface area contributed by atoms with Crippen LogP contribution in [-0.2, 0) is 14.4 Å². The Hall–Kier alpha value is -1.59. The fourth-order valence-electron chi connectivity index (χ4n) is 2.46. The molecule has 0 heterocycles. The standard InChI is InChI=1S/C13H22N2O4/c1-7(2)14-8(16)6-15(5)11(17)9-10(12(18)19)13(9,3)4/h7,9-10H,6H2,1-5H3,(H,14,16)(H,18,19)/t9-,10+/m1/s1. The summed E-state index contributed by atoms with van der Waals surface area (Å²) in [5.74, 6) is -2.67. The molecule has 1 saturated carbocycles. The maximum absolute atomic E-state index is 12.1. The number of likely N-dealkylation sites (N-methyl/N-ethyl adjacent to an activating group) is 1. The largest absolute Gasteiger partial charge is 0.481 e. The number of hydrogen-bond donors (Lipinski definition) is 2. The van der Waals surface area contributed by atoms with Gasteiger partial charge in [0, 0.05) is 13.1 Å². The van der Waals surface area contributed by atoms with E-state index in [1.54, 1.807) is 13.8 Å². The van der Waals surface area contributed by atoms with Crippen LogP contribution in [0.5, 0.6) is 0 Å². The number of carboxylic acids is 1. The van der Waals surface area contributed by atoms with Crippen molar-refractivity contribution in [2.75, 3.05) is 13.6 Å². The fourth-order valence-corrected chi connectivity index (χ4v) is 2.46. The highest BCUT2D eigenvalue weighted by molar-refractivity contribution is 5.93. The molecule has 0 unspecified atom stereocenters. The van der Waals surface area contributed by atoms with Crippen molar-refractivity contribution in [3.63, 3.8) is 0 Å². The fraction of sp³-hybridized carbons (Fsp3) is 0.769. The first kappa shape index (κ1) is 15.5. The monoisotopic (exact) mass is 270 g/mol. The van der Waals surface area contributed by atoms with Crippen molar-refractivity contribution in [2.24, 2.45) is 17.3 Å². The summed E-state index contributed by atoms with van der Waals surface area (Å²) in [6.07, 6.45) is 0. The summed E-state index contributed by atoms with van der Waals surface area (Å²) >= 11 is 0. The van der Waals surface area contributed by atoms with Gasteiger partial charge in [0.15, 0.2) is 0 Å². The van der Waals surface area contributed by atoms with Gasteiger partial charge in [-0.25, -0.2) is 0 Å². The topological polar surface area (TPSA) is 86.7 Å². The van der Waals surface area contributed by atoms with Crippen LogP contribution < -0.4 is 5.32 Å². The predicted molar refractivity (Wildman–Crippen MR) is 69.3 cm³/mol. The SMILES string of the molecule is CC(C)NC(=O)CN(C)C(=O)[C@H]1[C@@H](C(=O)O)C1(C)C. The van der Waals surface area contributed by atoms with Crippen LogP contribution in [0.25, 0.3) is 0 Å². The molecule has 0 saturated heterocycles. The van der Waals surface area contributed by atoms with Crippen molar-refractivity contribution in [1.82, 2.24) is 10.2 Å². The molecular formula is C13H22N2O4. The van der Waals surface area contributed by atoms with E-state index in [1.165, 1.54) is 11.9 Å². The number of carbonyl (C=O) groups is 3. The second kappa shape index (κ2) is 5.19. The number of carbonyl (C=O) groups excluding carboxylic acids is 2. The summed E-state index contributed by atoms with van der Waals surface area (Å²) in [5, 5.41) is 11.7. The molecule has 0 bridgehead atoms. The minimum absolute atomic E-state index is 0.0140. The van der Waals surface area contributed by atoms with E-state index in [0.29, 0.717) is 0 Å². The van der Waals surface area contributed by atoms with Gasteiger partial charge in [0.1, 0.15) is 0 Å². The highest BCUT2D eigenvalue weighted by atomic mass is 16.4. The predicted octanol–water partition coefficient (Wildman–Crippen LogP) is 0.326. The molecule has 0 aromatic heterocycles. The van der Waals surface area contributed by atoms with Crippen LogP contribution in [0.3, 0.4) is 0 Å². The second-order valence-electron chi connectivity index (χ2n) is 6.03. The first-order valence-electron chi connectivity index (χ1n) is 6.36. The number of rotatable bonds is 5. The van der Waals surface area contributed by atoms with Gasteiger partial charge in [-0.05, 0) is 19.3 Å². The number of nitrogens with one attached hydrogen (secondary N) is 1. The molecule has 6 heteroatoms. The lowest BCUT2D eigenvalue weighted by Crippen LogP contribution is -2.41. The van der Waals surface area contributed by atoms with Gasteiger partial charge in [-0.3, -0.25) is 14.4 Å². The van der Waals surface area contributed by atoms with Gasteiger partial charge in [0.25, 0.3) is 0 Å². The van der Waals surface area contributed by atoms with Gasteiger partial charge in [0.05, 0.1) is 18.4 Å². The normalized spacial score (nSPS) is 23.9. The molecule has 108 valence electrons. The molecule has 2 N–H and O–H groups in total. The van der Waals surface area contributed by atoms with Crippen LogP contribution in [0.2, 0.25) is 0 Å². The van der Waals surface area contributed by atoms with Crippen LogP contribution in [0.15, 0.2) is 0 Å². The maximum Gasteiger partial charge on any atom is 0.307 e. The summed E-state index contributed by atoms with van der Waals surface area (Å²) in [6, 6.07) is 0.0140. The Labute approximate surface area is 113 Å². The minimum Gasteiger partial charge on any atom is -0.481 e. The molecule has 6 nitrogen and oxygen atoms in total. The lowest BCUT2D eigenvalue weighted by atomic mass is 10.1. The van der Waals surface area contributed by atoms with Gasteiger partial charge >= 0.3 is 5.97 Å². The average Bonchev–Trinajstić information content (AvgIpc) is 2.78. The third-order valence-corrected chi connectivity index (χ3v) is 3.57. The van der Waals surface area contributed by atoms with E-state index in [4.69, 9.17) is 5.11 Å². The van der Waals surface area contributed by atoms with Crippen molar-refractivity contribution in [3.8, 4) is 0 Å². The van der Waals surface area contributed by atoms with Gasteiger partial charge in [-0.15, -0.1) is 0 Å². The first-order valence-corrected chi connectivity index (χ1v) is 6.36. The van der Waals surface area contributed by atoms with Crippen molar-refractivity contribution < 1.29 is 19.5 Å². The van der Waals surface area contributed by atoms with Gasteiger partial charge in [0.2, 0.25) is 11.8 Å². The third kappa shape index (κ3) is 3.24. The smallest absolute Gasteiger partial charge is 0.307 e. The lowest BCUT2D eigenvalue weighted by molar-refractivity contribution is -0.142.